The van der Waals surface area contributed by atoms with E-state index in [9.17, 15) is 14.4 Å². The fourth-order valence-electron chi connectivity index (χ4n) is 2.14. The Hall–Kier alpha value is -3.22. The van der Waals surface area contributed by atoms with Crippen LogP contribution in [0.1, 0.15) is 23.2 Å². The second-order valence-electron chi connectivity index (χ2n) is 5.18. The second-order valence-corrected chi connectivity index (χ2v) is 5.18. The molecule has 7 heteroatoms. The van der Waals surface area contributed by atoms with Gasteiger partial charge in [0.2, 0.25) is 5.91 Å². The van der Waals surface area contributed by atoms with Gasteiger partial charge in [0.25, 0.3) is 5.91 Å². The molecule has 7 nitrogen and oxygen atoms in total. The van der Waals surface area contributed by atoms with E-state index in [-0.39, 0.29) is 12.8 Å². The van der Waals surface area contributed by atoms with Crippen LogP contribution < -0.4 is 11.1 Å². The average molecular weight is 327 g/mol. The maximum Gasteiger partial charge on any atom is 0.303 e. The van der Waals surface area contributed by atoms with Gasteiger partial charge >= 0.3 is 5.97 Å². The molecular formula is C17H17N3O4. The van der Waals surface area contributed by atoms with Gasteiger partial charge in [-0.25, -0.2) is 0 Å². The summed E-state index contributed by atoms with van der Waals surface area (Å²) in [6.07, 6.45) is 3.08. The van der Waals surface area contributed by atoms with Crippen LogP contribution in [-0.2, 0) is 9.59 Å². The number of hydrogen-bond donors (Lipinski definition) is 3. The molecule has 1 aromatic carbocycles. The highest BCUT2D eigenvalue weighted by Gasteiger charge is 2.19. The third-order valence-electron chi connectivity index (χ3n) is 3.44. The van der Waals surface area contributed by atoms with Crippen LogP contribution in [-0.4, -0.2) is 33.9 Å². The topological polar surface area (TPSA) is 122 Å². The third kappa shape index (κ3) is 4.64. The van der Waals surface area contributed by atoms with Gasteiger partial charge in [-0.2, -0.15) is 0 Å². The fourth-order valence-corrected chi connectivity index (χ4v) is 2.14. The van der Waals surface area contributed by atoms with Gasteiger partial charge in [0.1, 0.15) is 6.04 Å². The molecule has 2 amide bonds. The number of amides is 2. The number of carboxylic acids is 1. The van der Waals surface area contributed by atoms with E-state index in [1.54, 1.807) is 36.7 Å². The number of benzene rings is 1. The highest BCUT2D eigenvalue weighted by atomic mass is 16.4. The quantitative estimate of drug-likeness (QED) is 0.705. The number of rotatable bonds is 7. The molecule has 0 aliphatic heterocycles. The van der Waals surface area contributed by atoms with Crippen LogP contribution in [0, 0.1) is 0 Å². The molecule has 0 saturated carbocycles. The first-order valence-corrected chi connectivity index (χ1v) is 7.30. The minimum absolute atomic E-state index is 0.0514. The number of nitrogens with zero attached hydrogens (tertiary/aromatic N) is 1. The smallest absolute Gasteiger partial charge is 0.303 e. The molecule has 0 unspecified atom stereocenters. The zero-order chi connectivity index (χ0) is 17.5. The molecule has 0 aliphatic rings. The third-order valence-corrected chi connectivity index (χ3v) is 3.44. The van der Waals surface area contributed by atoms with Gasteiger partial charge in [-0.3, -0.25) is 19.4 Å². The Kier molecular flexibility index (Phi) is 5.62. The maximum atomic E-state index is 12.2. The summed E-state index contributed by atoms with van der Waals surface area (Å²) < 4.78 is 0. The standard InChI is InChI=1S/C17H17N3O4/c18-16(23)14(7-8-15(21)22)20-17(24)12-5-3-11(4-6-12)13-2-1-9-19-10-13/h1-6,9-10,14H,7-8H2,(H2,18,23)(H,20,24)(H,21,22)/t14-/m0/s1. The van der Waals surface area contributed by atoms with E-state index < -0.39 is 23.8 Å². The number of nitrogens with one attached hydrogen (secondary N) is 1. The maximum absolute atomic E-state index is 12.2. The summed E-state index contributed by atoms with van der Waals surface area (Å²) in [6.45, 7) is 0. The molecule has 0 radical (unpaired) electrons. The van der Waals surface area contributed by atoms with Crippen molar-refractivity contribution in [1.82, 2.24) is 10.3 Å². The Morgan fingerprint density at radius 2 is 1.83 bits per heavy atom. The van der Waals surface area contributed by atoms with E-state index in [0.29, 0.717) is 5.56 Å². The zero-order valence-electron chi connectivity index (χ0n) is 12.8. The number of carbonyl (C=O) groups is 3. The zero-order valence-corrected chi connectivity index (χ0v) is 12.8. The van der Waals surface area contributed by atoms with Crippen molar-refractivity contribution in [2.45, 2.75) is 18.9 Å². The molecule has 0 aliphatic carbocycles. The molecule has 0 bridgehead atoms. The molecule has 4 N–H and O–H groups in total. The summed E-state index contributed by atoms with van der Waals surface area (Å²) >= 11 is 0. The lowest BCUT2D eigenvalue weighted by Crippen LogP contribution is -2.44. The minimum Gasteiger partial charge on any atom is -0.481 e. The Balaban J connectivity index is 2.06. The summed E-state index contributed by atoms with van der Waals surface area (Å²) in [4.78, 5) is 38.1. The van der Waals surface area contributed by atoms with Crippen LogP contribution in [0.15, 0.2) is 48.8 Å². The molecular weight excluding hydrogens is 310 g/mol. The number of aliphatic carboxylic acids is 1. The van der Waals surface area contributed by atoms with Crippen molar-refractivity contribution in [3.63, 3.8) is 0 Å². The first kappa shape index (κ1) is 17.1. The first-order chi connectivity index (χ1) is 11.5. The van der Waals surface area contributed by atoms with Gasteiger partial charge in [0, 0.05) is 24.4 Å². The minimum atomic E-state index is -1.06. The van der Waals surface area contributed by atoms with E-state index in [0.717, 1.165) is 11.1 Å². The summed E-state index contributed by atoms with van der Waals surface area (Å²) in [5.74, 6) is -2.31. The second kappa shape index (κ2) is 7.87. The molecule has 0 saturated heterocycles. The largest absolute Gasteiger partial charge is 0.481 e. The van der Waals surface area contributed by atoms with Crippen molar-refractivity contribution in [2.75, 3.05) is 0 Å². The van der Waals surface area contributed by atoms with Crippen molar-refractivity contribution in [2.24, 2.45) is 5.73 Å². The van der Waals surface area contributed by atoms with Crippen LogP contribution in [0.2, 0.25) is 0 Å². The SMILES string of the molecule is NC(=O)[C@H](CCC(=O)O)NC(=O)c1ccc(-c2cccnc2)cc1. The van der Waals surface area contributed by atoms with Gasteiger partial charge < -0.3 is 16.2 Å². The number of primary amides is 1. The molecule has 1 aromatic heterocycles. The monoisotopic (exact) mass is 327 g/mol. The first-order valence-electron chi connectivity index (χ1n) is 7.30. The number of pyridine rings is 1. The van der Waals surface area contributed by atoms with Crippen molar-refractivity contribution < 1.29 is 19.5 Å². The summed E-state index contributed by atoms with van der Waals surface area (Å²) in [5.41, 5.74) is 7.36. The van der Waals surface area contributed by atoms with Crippen molar-refractivity contribution in [1.29, 1.82) is 0 Å². The molecule has 1 atom stereocenters. The Morgan fingerprint density at radius 3 is 2.38 bits per heavy atom. The molecule has 1 heterocycles. The number of nitrogens with two attached hydrogens (primary N) is 1. The van der Waals surface area contributed by atoms with Crippen molar-refractivity contribution in [3.05, 3.63) is 54.4 Å². The van der Waals surface area contributed by atoms with Crippen LogP contribution in [0.4, 0.5) is 0 Å². The van der Waals surface area contributed by atoms with Gasteiger partial charge in [0.05, 0.1) is 0 Å². The molecule has 0 spiro atoms. The lowest BCUT2D eigenvalue weighted by molar-refractivity contribution is -0.137. The van der Waals surface area contributed by atoms with E-state index in [1.807, 2.05) is 12.1 Å². The van der Waals surface area contributed by atoms with Crippen LogP contribution in [0.3, 0.4) is 0 Å². The molecule has 2 aromatic rings. The lowest BCUT2D eigenvalue weighted by atomic mass is 10.0. The van der Waals surface area contributed by atoms with E-state index in [4.69, 9.17) is 10.8 Å². The summed E-state index contributed by atoms with van der Waals surface area (Å²) in [7, 11) is 0. The van der Waals surface area contributed by atoms with E-state index in [1.165, 1.54) is 0 Å². The van der Waals surface area contributed by atoms with Crippen molar-refractivity contribution >= 4 is 17.8 Å². The number of aromatic nitrogens is 1. The molecule has 0 fully saturated rings. The van der Waals surface area contributed by atoms with Gasteiger partial charge in [-0.05, 0) is 35.7 Å². The van der Waals surface area contributed by atoms with E-state index in [2.05, 4.69) is 10.3 Å². The highest BCUT2D eigenvalue weighted by molar-refractivity contribution is 5.97. The number of carbonyl (C=O) groups excluding carboxylic acids is 2. The predicted molar refractivity (Wildman–Crippen MR) is 87.0 cm³/mol. The summed E-state index contributed by atoms with van der Waals surface area (Å²) in [6, 6.07) is 9.46. The Bertz CT molecular complexity index is 729. The average Bonchev–Trinajstić information content (AvgIpc) is 2.59. The van der Waals surface area contributed by atoms with Crippen LogP contribution >= 0.6 is 0 Å². The summed E-state index contributed by atoms with van der Waals surface area (Å²) in [5, 5.41) is 11.1. The van der Waals surface area contributed by atoms with Crippen LogP contribution in [0.25, 0.3) is 11.1 Å². The Labute approximate surface area is 138 Å². The highest BCUT2D eigenvalue weighted by Crippen LogP contribution is 2.18. The lowest BCUT2D eigenvalue weighted by Gasteiger charge is -2.14. The fraction of sp³-hybridized carbons (Fsp3) is 0.176. The molecule has 24 heavy (non-hydrogen) atoms. The van der Waals surface area contributed by atoms with Crippen molar-refractivity contribution in [3.8, 4) is 11.1 Å². The Morgan fingerprint density at radius 1 is 1.12 bits per heavy atom. The van der Waals surface area contributed by atoms with Gasteiger partial charge in [0.15, 0.2) is 0 Å². The normalized spacial score (nSPS) is 11.5. The van der Waals surface area contributed by atoms with Gasteiger partial charge in [-0.1, -0.05) is 18.2 Å². The predicted octanol–water partition coefficient (Wildman–Crippen LogP) is 1.20. The van der Waals surface area contributed by atoms with Gasteiger partial charge in [-0.15, -0.1) is 0 Å². The van der Waals surface area contributed by atoms with E-state index >= 15 is 0 Å². The molecule has 2 rings (SSSR count). The number of hydrogen-bond acceptors (Lipinski definition) is 4. The molecule has 124 valence electrons. The number of carboxylic acid groups (broad SMARTS) is 1. The van der Waals surface area contributed by atoms with Crippen LogP contribution in [0.5, 0.6) is 0 Å².